The van der Waals surface area contributed by atoms with Gasteiger partial charge in [-0.2, -0.15) is 0 Å². The van der Waals surface area contributed by atoms with Gasteiger partial charge in [-0.15, -0.1) is 0 Å². The summed E-state index contributed by atoms with van der Waals surface area (Å²) >= 11 is 0. The Hall–Kier alpha value is -3.21. The topological polar surface area (TPSA) is 62.3 Å². The number of aromatic nitrogens is 1. The Morgan fingerprint density at radius 3 is 2.60 bits per heavy atom. The summed E-state index contributed by atoms with van der Waals surface area (Å²) in [6.45, 7) is 0.226. The number of benzene rings is 2. The molecule has 1 atom stereocenters. The van der Waals surface area contributed by atoms with Gasteiger partial charge in [-0.1, -0.05) is 54.6 Å². The molecular formula is C20H17N3O2. The van der Waals surface area contributed by atoms with Crippen molar-refractivity contribution >= 4 is 22.8 Å². The maximum absolute atomic E-state index is 12.7. The molecule has 25 heavy (non-hydrogen) atoms. The number of amides is 3. The van der Waals surface area contributed by atoms with Crippen LogP contribution in [0.4, 0.5) is 4.79 Å². The molecule has 1 saturated heterocycles. The summed E-state index contributed by atoms with van der Waals surface area (Å²) in [6.07, 6.45) is 2.21. The maximum Gasteiger partial charge on any atom is 0.325 e. The molecule has 0 unspecified atom stereocenters. The number of para-hydroxylation sites is 1. The van der Waals surface area contributed by atoms with E-state index in [1.807, 2.05) is 60.7 Å². The lowest BCUT2D eigenvalue weighted by atomic mass is 10.1. The number of pyridine rings is 1. The summed E-state index contributed by atoms with van der Waals surface area (Å²) in [7, 11) is 0. The van der Waals surface area contributed by atoms with Crippen molar-refractivity contribution in [3.63, 3.8) is 0 Å². The minimum Gasteiger partial charge on any atom is -0.325 e. The third-order valence-electron chi connectivity index (χ3n) is 4.43. The standard InChI is InChI=1S/C20H17N3O2/c24-19-17(12-14-6-2-1-3-7-14)22-20(25)23(19)13-16-9-4-8-15-10-5-11-21-18(15)16/h1-11,17H,12-13H2,(H,22,25)/t17-/m0/s1. The van der Waals surface area contributed by atoms with Crippen molar-refractivity contribution in [1.29, 1.82) is 0 Å². The van der Waals surface area contributed by atoms with Crippen molar-refractivity contribution < 1.29 is 9.59 Å². The van der Waals surface area contributed by atoms with Crippen LogP contribution in [0.1, 0.15) is 11.1 Å². The van der Waals surface area contributed by atoms with Crippen LogP contribution < -0.4 is 5.32 Å². The zero-order valence-corrected chi connectivity index (χ0v) is 13.6. The van der Waals surface area contributed by atoms with E-state index in [2.05, 4.69) is 10.3 Å². The number of nitrogens with zero attached hydrogens (tertiary/aromatic N) is 2. The molecule has 0 radical (unpaired) electrons. The molecule has 1 fully saturated rings. The maximum atomic E-state index is 12.7. The number of carbonyl (C=O) groups excluding carboxylic acids is 2. The number of imide groups is 1. The highest BCUT2D eigenvalue weighted by molar-refractivity contribution is 6.04. The average Bonchev–Trinajstić information content (AvgIpc) is 2.90. The fourth-order valence-corrected chi connectivity index (χ4v) is 3.18. The van der Waals surface area contributed by atoms with Gasteiger partial charge in [0.05, 0.1) is 12.1 Å². The van der Waals surface area contributed by atoms with Crippen LogP contribution in [-0.2, 0) is 17.8 Å². The second-order valence-electron chi connectivity index (χ2n) is 6.11. The van der Waals surface area contributed by atoms with Gasteiger partial charge in [-0.05, 0) is 17.2 Å². The minimum atomic E-state index is -0.516. The van der Waals surface area contributed by atoms with Gasteiger partial charge in [0, 0.05) is 18.0 Å². The summed E-state index contributed by atoms with van der Waals surface area (Å²) in [4.78, 5) is 30.6. The third kappa shape index (κ3) is 2.96. The van der Waals surface area contributed by atoms with Crippen LogP contribution in [0.3, 0.4) is 0 Å². The largest absolute Gasteiger partial charge is 0.325 e. The van der Waals surface area contributed by atoms with Gasteiger partial charge in [-0.25, -0.2) is 4.79 Å². The van der Waals surface area contributed by atoms with E-state index < -0.39 is 6.04 Å². The van der Waals surface area contributed by atoms with Crippen LogP contribution in [0.2, 0.25) is 0 Å². The normalized spacial score (nSPS) is 17.1. The van der Waals surface area contributed by atoms with Crippen LogP contribution in [0.5, 0.6) is 0 Å². The van der Waals surface area contributed by atoms with Gasteiger partial charge in [0.25, 0.3) is 5.91 Å². The Balaban J connectivity index is 1.56. The molecular weight excluding hydrogens is 314 g/mol. The summed E-state index contributed by atoms with van der Waals surface area (Å²) in [5.41, 5.74) is 2.70. The van der Waals surface area contributed by atoms with Crippen molar-refractivity contribution in [3.8, 4) is 0 Å². The molecule has 0 saturated carbocycles. The fourth-order valence-electron chi connectivity index (χ4n) is 3.18. The number of hydrogen-bond donors (Lipinski definition) is 1. The van der Waals surface area contributed by atoms with Gasteiger partial charge in [-0.3, -0.25) is 14.7 Å². The van der Waals surface area contributed by atoms with Crippen LogP contribution in [0.25, 0.3) is 10.9 Å². The second-order valence-corrected chi connectivity index (χ2v) is 6.11. The molecule has 2 aromatic carbocycles. The van der Waals surface area contributed by atoms with Gasteiger partial charge >= 0.3 is 6.03 Å². The highest BCUT2D eigenvalue weighted by Gasteiger charge is 2.37. The average molecular weight is 331 g/mol. The lowest BCUT2D eigenvalue weighted by molar-refractivity contribution is -0.127. The van der Waals surface area contributed by atoms with E-state index in [0.717, 1.165) is 22.0 Å². The Labute approximate surface area is 145 Å². The molecule has 1 aliphatic rings. The van der Waals surface area contributed by atoms with E-state index >= 15 is 0 Å². The molecule has 1 aliphatic heterocycles. The minimum absolute atomic E-state index is 0.193. The van der Waals surface area contributed by atoms with Crippen molar-refractivity contribution in [2.24, 2.45) is 0 Å². The van der Waals surface area contributed by atoms with Crippen molar-refractivity contribution in [2.45, 2.75) is 19.0 Å². The Morgan fingerprint density at radius 2 is 1.76 bits per heavy atom. The molecule has 0 bridgehead atoms. The van der Waals surface area contributed by atoms with Gasteiger partial charge in [0.2, 0.25) is 0 Å². The summed E-state index contributed by atoms with van der Waals surface area (Å²) < 4.78 is 0. The number of fused-ring (bicyclic) bond motifs is 1. The fraction of sp³-hybridized carbons (Fsp3) is 0.150. The van der Waals surface area contributed by atoms with Gasteiger partial charge < -0.3 is 5.32 Å². The first kappa shape index (κ1) is 15.3. The molecule has 1 N–H and O–H groups in total. The highest BCUT2D eigenvalue weighted by atomic mass is 16.2. The molecule has 5 heteroatoms. The number of hydrogen-bond acceptors (Lipinski definition) is 3. The first-order chi connectivity index (χ1) is 12.2. The Bertz CT molecular complexity index is 935. The molecule has 0 spiro atoms. The predicted molar refractivity (Wildman–Crippen MR) is 94.8 cm³/mol. The van der Waals surface area contributed by atoms with Crippen LogP contribution in [0, 0.1) is 0 Å². The zero-order chi connectivity index (χ0) is 17.2. The van der Waals surface area contributed by atoms with Crippen molar-refractivity contribution in [1.82, 2.24) is 15.2 Å². The quantitative estimate of drug-likeness (QED) is 0.748. The molecule has 3 aromatic rings. The highest BCUT2D eigenvalue weighted by Crippen LogP contribution is 2.20. The number of nitrogens with one attached hydrogen (secondary N) is 1. The molecule has 3 amide bonds. The van der Waals surface area contributed by atoms with Crippen LogP contribution in [-0.4, -0.2) is 27.9 Å². The molecule has 4 rings (SSSR count). The van der Waals surface area contributed by atoms with Crippen LogP contribution in [0.15, 0.2) is 66.9 Å². The van der Waals surface area contributed by atoms with E-state index in [4.69, 9.17) is 0 Å². The van der Waals surface area contributed by atoms with E-state index in [9.17, 15) is 9.59 Å². The van der Waals surface area contributed by atoms with Crippen molar-refractivity contribution in [3.05, 3.63) is 78.0 Å². The monoisotopic (exact) mass is 331 g/mol. The van der Waals surface area contributed by atoms with Gasteiger partial charge in [0.15, 0.2) is 0 Å². The molecule has 1 aromatic heterocycles. The van der Waals surface area contributed by atoms with Gasteiger partial charge in [0.1, 0.15) is 6.04 Å². The molecule has 2 heterocycles. The van der Waals surface area contributed by atoms with E-state index in [1.165, 1.54) is 4.90 Å². The SMILES string of the molecule is O=C1N[C@@H](Cc2ccccc2)C(=O)N1Cc1cccc2cccnc12. The smallest absolute Gasteiger partial charge is 0.325 e. The summed E-state index contributed by atoms with van der Waals surface area (Å²) in [5.74, 6) is -0.193. The lowest BCUT2D eigenvalue weighted by Crippen LogP contribution is -2.32. The number of carbonyl (C=O) groups is 2. The zero-order valence-electron chi connectivity index (χ0n) is 13.6. The molecule has 5 nitrogen and oxygen atoms in total. The lowest BCUT2D eigenvalue weighted by Gasteiger charge is -2.14. The van der Waals surface area contributed by atoms with Crippen LogP contribution >= 0.6 is 0 Å². The van der Waals surface area contributed by atoms with E-state index in [-0.39, 0.29) is 18.5 Å². The predicted octanol–water partition coefficient (Wildman–Crippen LogP) is 2.90. The first-order valence-electron chi connectivity index (χ1n) is 8.21. The first-order valence-corrected chi connectivity index (χ1v) is 8.21. The van der Waals surface area contributed by atoms with E-state index in [1.54, 1.807) is 6.20 Å². The Morgan fingerprint density at radius 1 is 0.960 bits per heavy atom. The molecule has 124 valence electrons. The van der Waals surface area contributed by atoms with E-state index in [0.29, 0.717) is 6.42 Å². The van der Waals surface area contributed by atoms with Crippen molar-refractivity contribution in [2.75, 3.05) is 0 Å². The molecule has 0 aliphatic carbocycles. The third-order valence-corrected chi connectivity index (χ3v) is 4.43. The summed E-state index contributed by atoms with van der Waals surface area (Å²) in [5, 5.41) is 3.78. The number of rotatable bonds is 4. The second kappa shape index (κ2) is 6.36. The Kier molecular flexibility index (Phi) is 3.90. The summed E-state index contributed by atoms with van der Waals surface area (Å²) in [6, 6.07) is 18.5. The number of urea groups is 1.